The molecule has 0 unspecified atom stereocenters. The second-order valence-corrected chi connectivity index (χ2v) is 5.79. The van der Waals surface area contributed by atoms with Gasteiger partial charge in [-0.25, -0.2) is 0 Å². The van der Waals surface area contributed by atoms with Gasteiger partial charge in [-0.05, 0) is 12.1 Å². The summed E-state index contributed by atoms with van der Waals surface area (Å²) in [7, 11) is 1.49. The highest BCUT2D eigenvalue weighted by Gasteiger charge is 2.37. The van der Waals surface area contributed by atoms with Crippen LogP contribution in [0.2, 0.25) is 0 Å². The Kier molecular flexibility index (Phi) is 5.96. The van der Waals surface area contributed by atoms with E-state index >= 15 is 0 Å². The molecule has 0 saturated carbocycles. The first-order valence-electron chi connectivity index (χ1n) is 7.85. The number of nitrogens with zero attached hydrogens (tertiary/aromatic N) is 2. The van der Waals surface area contributed by atoms with E-state index < -0.39 is 30.2 Å². The van der Waals surface area contributed by atoms with Crippen molar-refractivity contribution in [3.8, 4) is 11.8 Å². The first-order valence-corrected chi connectivity index (χ1v) is 7.85. The van der Waals surface area contributed by atoms with Crippen molar-refractivity contribution in [2.75, 3.05) is 25.2 Å². The molecule has 1 aromatic rings. The van der Waals surface area contributed by atoms with E-state index in [0.717, 1.165) is 0 Å². The van der Waals surface area contributed by atoms with E-state index in [1.807, 2.05) is 0 Å². The minimum absolute atomic E-state index is 0.0314. The van der Waals surface area contributed by atoms with Crippen LogP contribution in [0.15, 0.2) is 36.5 Å². The van der Waals surface area contributed by atoms with Crippen LogP contribution < -0.4 is 15.4 Å². The summed E-state index contributed by atoms with van der Waals surface area (Å²) in [6, 6.07) is 8.67. The van der Waals surface area contributed by atoms with Crippen LogP contribution in [-0.2, 0) is 19.1 Å². The lowest BCUT2D eigenvalue weighted by Gasteiger charge is -2.19. The summed E-state index contributed by atoms with van der Waals surface area (Å²) in [4.78, 5) is 37.7. The smallest absolute Gasteiger partial charge is 0.311 e. The Morgan fingerprint density at radius 1 is 1.46 bits per heavy atom. The number of carbonyl (C=O) groups excluding carboxylic acids is 3. The van der Waals surface area contributed by atoms with E-state index in [9.17, 15) is 14.4 Å². The van der Waals surface area contributed by atoms with Crippen LogP contribution >= 0.6 is 0 Å². The first kappa shape index (κ1) is 19.0. The van der Waals surface area contributed by atoms with E-state index in [1.165, 1.54) is 12.0 Å². The number of methoxy groups -OCH3 is 1. The van der Waals surface area contributed by atoms with E-state index in [0.29, 0.717) is 11.4 Å². The van der Waals surface area contributed by atoms with Crippen LogP contribution in [0.25, 0.3) is 0 Å². The van der Waals surface area contributed by atoms with E-state index in [4.69, 9.17) is 20.5 Å². The normalized spacial score (nSPS) is 17.3. The molecule has 1 fully saturated rings. The topological polar surface area (TPSA) is 123 Å². The third-order valence-corrected chi connectivity index (χ3v) is 4.01. The number of ether oxygens (including phenoxy) is 2. The van der Waals surface area contributed by atoms with E-state index in [-0.39, 0.29) is 24.6 Å². The summed E-state index contributed by atoms with van der Waals surface area (Å²) in [6.07, 6.45) is -0.0314. The lowest BCUT2D eigenvalue weighted by Crippen LogP contribution is -2.29. The molecule has 1 amide bonds. The molecule has 2 N–H and O–H groups in total. The number of hydrogen-bond donors (Lipinski definition) is 1. The van der Waals surface area contributed by atoms with Crippen molar-refractivity contribution in [3.05, 3.63) is 36.5 Å². The zero-order chi connectivity index (χ0) is 19.3. The Labute approximate surface area is 150 Å². The van der Waals surface area contributed by atoms with Crippen molar-refractivity contribution in [2.45, 2.75) is 6.42 Å². The molecular formula is C18H19N3O5. The molecule has 0 radical (unpaired) electrons. The summed E-state index contributed by atoms with van der Waals surface area (Å²) in [6.45, 7) is 2.88. The summed E-state index contributed by atoms with van der Waals surface area (Å²) in [5.41, 5.74) is 5.82. The summed E-state index contributed by atoms with van der Waals surface area (Å²) < 4.78 is 10.2. The number of amides is 1. The predicted octanol–water partition coefficient (Wildman–Crippen LogP) is 0.773. The van der Waals surface area contributed by atoms with Gasteiger partial charge in [0.25, 0.3) is 0 Å². The van der Waals surface area contributed by atoms with Crippen molar-refractivity contribution >= 4 is 23.3 Å². The van der Waals surface area contributed by atoms with Crippen molar-refractivity contribution < 1.29 is 23.9 Å². The molecular weight excluding hydrogens is 338 g/mol. The molecule has 0 bridgehead atoms. The molecule has 2 rings (SSSR count). The molecule has 1 saturated heterocycles. The highest BCUT2D eigenvalue weighted by Crippen LogP contribution is 2.33. The maximum absolute atomic E-state index is 12.3. The summed E-state index contributed by atoms with van der Waals surface area (Å²) >= 11 is 0. The van der Waals surface area contributed by atoms with Gasteiger partial charge in [0.05, 0.1) is 24.8 Å². The number of ketones is 1. The molecule has 0 spiro atoms. The van der Waals surface area contributed by atoms with Crippen molar-refractivity contribution in [2.24, 2.45) is 17.6 Å². The number of anilines is 1. The number of rotatable bonds is 7. The molecule has 1 aromatic carbocycles. The number of esters is 1. The molecule has 8 nitrogen and oxygen atoms in total. The second-order valence-electron chi connectivity index (χ2n) is 5.79. The van der Waals surface area contributed by atoms with Gasteiger partial charge in [0.2, 0.25) is 5.91 Å². The molecule has 1 aliphatic rings. The number of nitriles is 1. The maximum Gasteiger partial charge on any atom is 0.311 e. The average Bonchev–Trinajstić information content (AvgIpc) is 3.01. The first-order chi connectivity index (χ1) is 12.4. The van der Waals surface area contributed by atoms with Crippen LogP contribution in [0.5, 0.6) is 5.75 Å². The van der Waals surface area contributed by atoms with Gasteiger partial charge in [-0.1, -0.05) is 18.7 Å². The predicted molar refractivity (Wildman–Crippen MR) is 91.9 cm³/mol. The molecule has 1 aliphatic heterocycles. The zero-order valence-corrected chi connectivity index (χ0v) is 14.3. The number of benzene rings is 1. The summed E-state index contributed by atoms with van der Waals surface area (Å²) in [5, 5.41) is 8.87. The minimum atomic E-state index is -1.22. The van der Waals surface area contributed by atoms with Gasteiger partial charge in [-0.15, -0.1) is 0 Å². The highest BCUT2D eigenvalue weighted by molar-refractivity contribution is 6.00. The maximum atomic E-state index is 12.3. The van der Waals surface area contributed by atoms with Gasteiger partial charge in [0, 0.05) is 18.7 Å². The van der Waals surface area contributed by atoms with Gasteiger partial charge in [0.15, 0.2) is 12.4 Å². The SMILES string of the molecule is C=C(N)[C@@H](C#N)C(=O)COC(=O)[C@H]1CC(=O)N(c2ccccc2OC)C1. The number of nitrogens with two attached hydrogens (primary N) is 1. The standard InChI is InChI=1S/C18H19N3O5/c1-11(20)13(8-19)15(22)10-26-18(24)12-7-17(23)21(9-12)14-5-3-4-6-16(14)25-2/h3-6,12-13H,1,7,9-10,20H2,2H3/t12-,13+/m0/s1. The molecule has 8 heteroatoms. The quantitative estimate of drug-likeness (QED) is 0.715. The number of carbonyl (C=O) groups is 3. The van der Waals surface area contributed by atoms with Crippen LogP contribution in [0.3, 0.4) is 0 Å². The lowest BCUT2D eigenvalue weighted by atomic mass is 10.0. The number of hydrogen-bond acceptors (Lipinski definition) is 7. The molecule has 0 aliphatic carbocycles. The van der Waals surface area contributed by atoms with Crippen molar-refractivity contribution in [1.29, 1.82) is 5.26 Å². The fourth-order valence-electron chi connectivity index (χ4n) is 2.66. The van der Waals surface area contributed by atoms with Gasteiger partial charge < -0.3 is 20.1 Å². The Hall–Kier alpha value is -3.34. The highest BCUT2D eigenvalue weighted by atomic mass is 16.5. The molecule has 26 heavy (non-hydrogen) atoms. The van der Waals surface area contributed by atoms with Crippen LogP contribution in [-0.4, -0.2) is 37.9 Å². The van der Waals surface area contributed by atoms with Gasteiger partial charge in [-0.3, -0.25) is 14.4 Å². The fraction of sp³-hybridized carbons (Fsp3) is 0.333. The largest absolute Gasteiger partial charge is 0.495 e. The van der Waals surface area contributed by atoms with E-state index in [1.54, 1.807) is 30.3 Å². The van der Waals surface area contributed by atoms with Crippen molar-refractivity contribution in [3.63, 3.8) is 0 Å². The minimum Gasteiger partial charge on any atom is -0.495 e. The van der Waals surface area contributed by atoms with Gasteiger partial charge in [0.1, 0.15) is 11.7 Å². The van der Waals surface area contributed by atoms with Crippen molar-refractivity contribution in [1.82, 2.24) is 0 Å². The average molecular weight is 357 g/mol. The zero-order valence-electron chi connectivity index (χ0n) is 14.3. The Morgan fingerprint density at radius 2 is 2.15 bits per heavy atom. The Balaban J connectivity index is 2.00. The van der Waals surface area contributed by atoms with Crippen LogP contribution in [0, 0.1) is 23.2 Å². The number of Topliss-reactive ketones (excluding diaryl/α,β-unsaturated/α-hetero) is 1. The lowest BCUT2D eigenvalue weighted by molar-refractivity contribution is -0.152. The third kappa shape index (κ3) is 4.00. The van der Waals surface area contributed by atoms with Gasteiger partial charge in [-0.2, -0.15) is 5.26 Å². The number of para-hydroxylation sites is 2. The van der Waals surface area contributed by atoms with Crippen LogP contribution in [0.1, 0.15) is 6.42 Å². The fourth-order valence-corrected chi connectivity index (χ4v) is 2.66. The third-order valence-electron chi connectivity index (χ3n) is 4.01. The summed E-state index contributed by atoms with van der Waals surface area (Å²) in [5.74, 6) is -2.99. The van der Waals surface area contributed by atoms with E-state index in [2.05, 4.69) is 6.58 Å². The monoisotopic (exact) mass is 357 g/mol. The van der Waals surface area contributed by atoms with Gasteiger partial charge >= 0.3 is 5.97 Å². The molecule has 2 atom stereocenters. The molecule has 0 aromatic heterocycles. The molecule has 136 valence electrons. The molecule has 1 heterocycles. The second kappa shape index (κ2) is 8.16. The Bertz CT molecular complexity index is 783. The van der Waals surface area contributed by atoms with Crippen LogP contribution in [0.4, 0.5) is 5.69 Å². The number of allylic oxidation sites excluding steroid dienone is 1. The Morgan fingerprint density at radius 3 is 2.77 bits per heavy atom.